The topological polar surface area (TPSA) is 118 Å². The fraction of sp³-hybridized carbons (Fsp3) is 0.968. The lowest BCUT2D eigenvalue weighted by atomic mass is 9.41. The van der Waals surface area contributed by atoms with Gasteiger partial charge in [0.15, 0.2) is 0 Å². The number of aliphatic carboxylic acids is 1. The molecule has 6 nitrogen and oxygen atoms in total. The number of fused-ring (bicyclic) bond motifs is 2. The first-order chi connectivity index (χ1) is 17.1. The van der Waals surface area contributed by atoms with Crippen LogP contribution in [0.2, 0.25) is 0 Å². The highest BCUT2D eigenvalue weighted by molar-refractivity contribution is 5.76. The summed E-state index contributed by atoms with van der Waals surface area (Å²) in [5.41, 5.74) is -2.28. The maximum absolute atomic E-state index is 12.5. The largest absolute Gasteiger partial charge is 0.481 e. The number of carboxylic acid groups (broad SMARTS) is 1. The van der Waals surface area contributed by atoms with Crippen molar-refractivity contribution >= 4 is 5.97 Å². The molecule has 5 N–H and O–H groups in total. The summed E-state index contributed by atoms with van der Waals surface area (Å²) in [5, 5.41) is 53.4. The Balaban J connectivity index is 1.41. The molecule has 212 valence electrons. The molecule has 5 aliphatic carbocycles. The quantitative estimate of drug-likeness (QED) is 0.334. The van der Waals surface area contributed by atoms with E-state index in [-0.39, 0.29) is 46.5 Å². The Kier molecular flexibility index (Phi) is 6.33. The summed E-state index contributed by atoms with van der Waals surface area (Å²) in [4.78, 5) is 12.5. The van der Waals surface area contributed by atoms with Crippen LogP contribution in [0.1, 0.15) is 106 Å². The maximum Gasteiger partial charge on any atom is 0.312 e. The van der Waals surface area contributed by atoms with Crippen LogP contribution in [-0.2, 0) is 4.79 Å². The molecule has 5 aliphatic rings. The van der Waals surface area contributed by atoms with Crippen LogP contribution in [0.5, 0.6) is 0 Å². The molecule has 12 atom stereocenters. The van der Waals surface area contributed by atoms with Gasteiger partial charge in [0.1, 0.15) is 0 Å². The standard InChI is InChI=1S/C31H52O6/c1-18(2)30(37,17-32)12-9-19(3)20-10-11-27(5)21-7-8-22-28(6,25(35)36)23(33)15-24(34)31(22)16-29(21,31)14-13-26(20,27)4/h18-24,32-34,37H,7-17H2,1-6H3,(H,35,36)/t19-,20-,21+,22+,23+,24+,26-,27+,28+,29+,30-,31-/m1/s1. The molecule has 0 unspecified atom stereocenters. The number of carboxylic acids is 1. The Morgan fingerprint density at radius 2 is 1.59 bits per heavy atom. The van der Waals surface area contributed by atoms with Crippen molar-refractivity contribution in [3.8, 4) is 0 Å². The van der Waals surface area contributed by atoms with E-state index in [1.165, 1.54) is 6.42 Å². The Bertz CT molecular complexity index is 937. The minimum absolute atomic E-state index is 0.00659. The summed E-state index contributed by atoms with van der Waals surface area (Å²) >= 11 is 0. The van der Waals surface area contributed by atoms with E-state index in [4.69, 9.17) is 0 Å². The van der Waals surface area contributed by atoms with Gasteiger partial charge < -0.3 is 25.5 Å². The number of aliphatic hydroxyl groups is 4. The van der Waals surface area contributed by atoms with Gasteiger partial charge in [0.2, 0.25) is 0 Å². The third kappa shape index (κ3) is 3.22. The number of hydrogen-bond donors (Lipinski definition) is 5. The minimum Gasteiger partial charge on any atom is -0.481 e. The van der Waals surface area contributed by atoms with Gasteiger partial charge in [-0.1, -0.05) is 34.6 Å². The van der Waals surface area contributed by atoms with Crippen molar-refractivity contribution in [2.24, 2.45) is 56.7 Å². The monoisotopic (exact) mass is 520 g/mol. The molecule has 0 aromatic heterocycles. The summed E-state index contributed by atoms with van der Waals surface area (Å²) < 4.78 is 0. The Morgan fingerprint density at radius 1 is 0.946 bits per heavy atom. The highest BCUT2D eigenvalue weighted by atomic mass is 16.4. The van der Waals surface area contributed by atoms with Crippen LogP contribution >= 0.6 is 0 Å². The van der Waals surface area contributed by atoms with E-state index in [1.54, 1.807) is 6.92 Å². The fourth-order valence-corrected chi connectivity index (χ4v) is 11.5. The normalized spacial score (nSPS) is 52.9. The summed E-state index contributed by atoms with van der Waals surface area (Å²) in [7, 11) is 0. The Labute approximate surface area is 223 Å². The molecule has 0 aromatic carbocycles. The van der Waals surface area contributed by atoms with E-state index in [0.717, 1.165) is 44.9 Å². The summed E-state index contributed by atoms with van der Waals surface area (Å²) in [6.07, 6.45) is 7.20. The SMILES string of the molecule is CC(C)[C@](O)(CO)CC[C@@H](C)[C@H]1CC[C@@]2(C)[C@@H]3CC[C@H]4[C@](C)(C(=O)O)[C@@H](O)C[C@H](O)[C@@]45C[C@@]35CC[C@]12C. The van der Waals surface area contributed by atoms with Gasteiger partial charge in [-0.2, -0.15) is 0 Å². The molecule has 5 saturated carbocycles. The number of carbonyl (C=O) groups is 1. The second-order valence-electron chi connectivity index (χ2n) is 15.3. The third-order valence-corrected chi connectivity index (χ3v) is 14.4. The van der Waals surface area contributed by atoms with Crippen LogP contribution < -0.4 is 0 Å². The molecule has 5 fully saturated rings. The first-order valence-electron chi connectivity index (χ1n) is 15.0. The molecule has 0 bridgehead atoms. The van der Waals surface area contributed by atoms with Gasteiger partial charge in [-0.3, -0.25) is 4.79 Å². The van der Waals surface area contributed by atoms with Crippen molar-refractivity contribution in [3.63, 3.8) is 0 Å². The van der Waals surface area contributed by atoms with Crippen LogP contribution in [0.15, 0.2) is 0 Å². The molecule has 37 heavy (non-hydrogen) atoms. The predicted octanol–water partition coefficient (Wildman–Crippen LogP) is 4.62. The smallest absolute Gasteiger partial charge is 0.312 e. The molecule has 0 heterocycles. The molecule has 2 spiro atoms. The molecule has 0 radical (unpaired) electrons. The third-order valence-electron chi connectivity index (χ3n) is 14.4. The molecule has 0 saturated heterocycles. The van der Waals surface area contributed by atoms with Gasteiger partial charge in [0.05, 0.1) is 29.8 Å². The fourth-order valence-electron chi connectivity index (χ4n) is 11.5. The van der Waals surface area contributed by atoms with Gasteiger partial charge in [-0.15, -0.1) is 0 Å². The van der Waals surface area contributed by atoms with Crippen LogP contribution in [0.4, 0.5) is 0 Å². The molecule has 6 heteroatoms. The van der Waals surface area contributed by atoms with E-state index < -0.39 is 29.2 Å². The molecule has 0 amide bonds. The second-order valence-corrected chi connectivity index (χ2v) is 15.3. The van der Waals surface area contributed by atoms with Gasteiger partial charge in [-0.25, -0.2) is 0 Å². The van der Waals surface area contributed by atoms with Gasteiger partial charge in [0, 0.05) is 11.8 Å². The highest BCUT2D eigenvalue weighted by Crippen LogP contribution is 2.89. The predicted molar refractivity (Wildman–Crippen MR) is 142 cm³/mol. The second kappa shape index (κ2) is 8.41. The summed E-state index contributed by atoms with van der Waals surface area (Å²) in [6.45, 7) is 12.8. The van der Waals surface area contributed by atoms with Crippen molar-refractivity contribution < 1.29 is 30.3 Å². The van der Waals surface area contributed by atoms with Crippen molar-refractivity contribution in [1.82, 2.24) is 0 Å². The van der Waals surface area contributed by atoms with Crippen molar-refractivity contribution in [2.45, 2.75) is 124 Å². The molecular formula is C31H52O6. The molecule has 0 aromatic rings. The highest BCUT2D eigenvalue weighted by Gasteiger charge is 2.85. The van der Waals surface area contributed by atoms with Crippen LogP contribution in [0.3, 0.4) is 0 Å². The summed E-state index contributed by atoms with van der Waals surface area (Å²) in [5.74, 6) is 0.404. The van der Waals surface area contributed by atoms with Crippen LogP contribution in [-0.4, -0.2) is 55.9 Å². The molecule has 5 rings (SSSR count). The van der Waals surface area contributed by atoms with Gasteiger partial charge in [0.25, 0.3) is 0 Å². The Hall–Kier alpha value is -0.690. The van der Waals surface area contributed by atoms with E-state index in [2.05, 4.69) is 20.8 Å². The molecule has 0 aliphatic heterocycles. The van der Waals surface area contributed by atoms with Gasteiger partial charge in [-0.05, 0) is 111 Å². The maximum atomic E-state index is 12.5. The minimum atomic E-state index is -1.19. The van der Waals surface area contributed by atoms with E-state index in [0.29, 0.717) is 24.2 Å². The molecular weight excluding hydrogens is 468 g/mol. The van der Waals surface area contributed by atoms with E-state index in [9.17, 15) is 30.3 Å². The zero-order valence-corrected chi connectivity index (χ0v) is 24.0. The number of rotatable bonds is 7. The van der Waals surface area contributed by atoms with Crippen molar-refractivity contribution in [1.29, 1.82) is 0 Å². The zero-order valence-electron chi connectivity index (χ0n) is 24.0. The lowest BCUT2D eigenvalue weighted by Gasteiger charge is -2.63. The Morgan fingerprint density at radius 3 is 2.19 bits per heavy atom. The number of aliphatic hydroxyl groups excluding tert-OH is 3. The van der Waals surface area contributed by atoms with Crippen molar-refractivity contribution in [3.05, 3.63) is 0 Å². The average molecular weight is 521 g/mol. The van der Waals surface area contributed by atoms with Crippen molar-refractivity contribution in [2.75, 3.05) is 6.61 Å². The average Bonchev–Trinajstić information content (AvgIpc) is 3.45. The van der Waals surface area contributed by atoms with Crippen LogP contribution in [0, 0.1) is 56.7 Å². The van der Waals surface area contributed by atoms with Crippen LogP contribution in [0.25, 0.3) is 0 Å². The zero-order chi connectivity index (χ0) is 27.4. The van der Waals surface area contributed by atoms with E-state index in [1.807, 2.05) is 13.8 Å². The first kappa shape index (κ1) is 27.9. The first-order valence-corrected chi connectivity index (χ1v) is 15.0. The lowest BCUT2D eigenvalue weighted by Crippen LogP contribution is -2.63. The summed E-state index contributed by atoms with van der Waals surface area (Å²) in [6, 6.07) is 0. The van der Waals surface area contributed by atoms with E-state index >= 15 is 0 Å². The van der Waals surface area contributed by atoms with Gasteiger partial charge >= 0.3 is 5.97 Å². The number of hydrogen-bond acceptors (Lipinski definition) is 5. The lowest BCUT2D eigenvalue weighted by molar-refractivity contribution is -0.210.